The lowest BCUT2D eigenvalue weighted by molar-refractivity contribution is -0.121. The van der Waals surface area contributed by atoms with E-state index in [9.17, 15) is 14.4 Å². The van der Waals surface area contributed by atoms with Gasteiger partial charge in [-0.3, -0.25) is 14.4 Å². The minimum atomic E-state index is -0.294. The van der Waals surface area contributed by atoms with Gasteiger partial charge in [0.1, 0.15) is 5.69 Å². The summed E-state index contributed by atoms with van der Waals surface area (Å²) in [5.74, 6) is -0.588. The van der Waals surface area contributed by atoms with Crippen molar-refractivity contribution in [2.75, 3.05) is 4.90 Å². The van der Waals surface area contributed by atoms with Crippen LogP contribution in [-0.2, 0) is 16.0 Å². The molecule has 0 radical (unpaired) electrons. The molecule has 1 fully saturated rings. The Balaban J connectivity index is 1.93. The highest BCUT2D eigenvalue weighted by molar-refractivity contribution is 6.19. The van der Waals surface area contributed by atoms with E-state index in [4.69, 9.17) is 0 Å². The Morgan fingerprint density at radius 1 is 1.04 bits per heavy atom. The van der Waals surface area contributed by atoms with Crippen LogP contribution in [0.1, 0.15) is 36.9 Å². The summed E-state index contributed by atoms with van der Waals surface area (Å²) < 4.78 is 2.01. The van der Waals surface area contributed by atoms with Gasteiger partial charge in [-0.05, 0) is 31.9 Å². The average molecular weight is 322 g/mol. The Morgan fingerprint density at radius 2 is 1.75 bits per heavy atom. The first kappa shape index (κ1) is 14.9. The van der Waals surface area contributed by atoms with Crippen molar-refractivity contribution in [1.82, 2.24) is 4.57 Å². The third kappa shape index (κ3) is 2.12. The molecule has 0 aliphatic carbocycles. The van der Waals surface area contributed by atoms with Gasteiger partial charge in [0.25, 0.3) is 0 Å². The Bertz CT molecular complexity index is 926. The molecule has 0 N–H and O–H groups in total. The van der Waals surface area contributed by atoms with Crippen LogP contribution in [0.25, 0.3) is 11.3 Å². The largest absolute Gasteiger partial charge is 0.342 e. The maximum Gasteiger partial charge on any atom is 0.234 e. The van der Waals surface area contributed by atoms with Gasteiger partial charge < -0.3 is 4.57 Å². The Hall–Kier alpha value is -2.69. The first-order valence-corrected chi connectivity index (χ1v) is 8.17. The number of pyridine rings is 1. The van der Waals surface area contributed by atoms with Crippen molar-refractivity contribution in [3.63, 3.8) is 0 Å². The Labute approximate surface area is 139 Å². The maximum absolute atomic E-state index is 12.6. The number of imide groups is 1. The number of fused-ring (bicyclic) bond motifs is 3. The van der Waals surface area contributed by atoms with Gasteiger partial charge in [-0.15, -0.1) is 0 Å². The first-order valence-electron chi connectivity index (χ1n) is 8.17. The van der Waals surface area contributed by atoms with Crippen molar-refractivity contribution in [2.24, 2.45) is 0 Å². The summed E-state index contributed by atoms with van der Waals surface area (Å²) in [4.78, 5) is 37.6. The normalized spacial score (nSPS) is 19.4. The van der Waals surface area contributed by atoms with Crippen LogP contribution in [-0.4, -0.2) is 16.4 Å². The number of aromatic nitrogens is 1. The molecule has 5 nitrogen and oxygen atoms in total. The van der Waals surface area contributed by atoms with Gasteiger partial charge in [0.15, 0.2) is 0 Å². The molecule has 3 heterocycles. The minimum absolute atomic E-state index is 0.155. The highest BCUT2D eigenvalue weighted by Gasteiger charge is 2.33. The number of carbonyl (C=O) groups is 2. The van der Waals surface area contributed by atoms with Gasteiger partial charge in [-0.2, -0.15) is 0 Å². The van der Waals surface area contributed by atoms with Crippen LogP contribution in [0.4, 0.5) is 5.69 Å². The number of rotatable bonds is 1. The van der Waals surface area contributed by atoms with Crippen LogP contribution < -0.4 is 10.3 Å². The van der Waals surface area contributed by atoms with Gasteiger partial charge >= 0.3 is 0 Å². The molecule has 2 amide bonds. The smallest absolute Gasteiger partial charge is 0.234 e. The fourth-order valence-corrected chi connectivity index (χ4v) is 3.66. The molecule has 2 aliphatic rings. The van der Waals surface area contributed by atoms with Crippen molar-refractivity contribution in [2.45, 2.75) is 39.2 Å². The van der Waals surface area contributed by atoms with Crippen LogP contribution in [0.2, 0.25) is 0 Å². The lowest BCUT2D eigenvalue weighted by atomic mass is 9.92. The second-order valence-electron chi connectivity index (χ2n) is 6.65. The molecule has 1 unspecified atom stereocenters. The maximum atomic E-state index is 12.6. The predicted molar refractivity (Wildman–Crippen MR) is 91.0 cm³/mol. The van der Waals surface area contributed by atoms with Gasteiger partial charge in [0.05, 0.1) is 5.69 Å². The number of hydrogen-bond acceptors (Lipinski definition) is 3. The number of amides is 2. The molecule has 1 aromatic heterocycles. The number of nitrogens with zero attached hydrogens (tertiary/aromatic N) is 2. The van der Waals surface area contributed by atoms with E-state index in [1.165, 1.54) is 5.56 Å². The monoisotopic (exact) mass is 322 g/mol. The molecule has 24 heavy (non-hydrogen) atoms. The summed E-state index contributed by atoms with van der Waals surface area (Å²) in [6, 6.07) is 7.98. The van der Waals surface area contributed by atoms with Gasteiger partial charge in [0, 0.05) is 36.7 Å². The lowest BCUT2D eigenvalue weighted by Gasteiger charge is -2.29. The average Bonchev–Trinajstić information content (AvgIpc) is 2.87. The second kappa shape index (κ2) is 5.16. The van der Waals surface area contributed by atoms with E-state index in [2.05, 4.69) is 25.1 Å². The number of benzene rings is 1. The number of anilines is 1. The predicted octanol–water partition coefficient (Wildman–Crippen LogP) is 2.59. The van der Waals surface area contributed by atoms with E-state index in [0.29, 0.717) is 0 Å². The van der Waals surface area contributed by atoms with Crippen LogP contribution >= 0.6 is 0 Å². The van der Waals surface area contributed by atoms with Gasteiger partial charge in [0.2, 0.25) is 17.2 Å². The van der Waals surface area contributed by atoms with Crippen LogP contribution in [0, 0.1) is 6.92 Å². The van der Waals surface area contributed by atoms with E-state index < -0.39 is 0 Å². The number of aryl methyl sites for hydroxylation is 1. The fourth-order valence-electron chi connectivity index (χ4n) is 3.66. The molecule has 5 heteroatoms. The van der Waals surface area contributed by atoms with Crippen molar-refractivity contribution in [1.29, 1.82) is 0 Å². The molecule has 2 aliphatic heterocycles. The lowest BCUT2D eigenvalue weighted by Crippen LogP contribution is -2.34. The van der Waals surface area contributed by atoms with Gasteiger partial charge in [-0.1, -0.05) is 17.7 Å². The van der Waals surface area contributed by atoms with Crippen molar-refractivity contribution >= 4 is 17.5 Å². The summed E-state index contributed by atoms with van der Waals surface area (Å²) in [5, 5.41) is 0. The zero-order chi connectivity index (χ0) is 17.0. The fraction of sp³-hybridized carbons (Fsp3) is 0.316. The molecule has 1 atom stereocenters. The summed E-state index contributed by atoms with van der Waals surface area (Å²) >= 11 is 0. The number of hydrogen-bond donors (Lipinski definition) is 0. The van der Waals surface area contributed by atoms with Crippen LogP contribution in [0.15, 0.2) is 35.3 Å². The molecular weight excluding hydrogens is 304 g/mol. The molecule has 4 rings (SSSR count). The van der Waals surface area contributed by atoms with Crippen LogP contribution in [0.5, 0.6) is 0 Å². The van der Waals surface area contributed by atoms with Crippen LogP contribution in [0.3, 0.4) is 0 Å². The molecule has 0 saturated carbocycles. The Morgan fingerprint density at radius 3 is 2.46 bits per heavy atom. The third-order valence-electron chi connectivity index (χ3n) is 4.88. The highest BCUT2D eigenvalue weighted by Crippen LogP contribution is 2.35. The molecule has 122 valence electrons. The summed E-state index contributed by atoms with van der Waals surface area (Å²) in [6.07, 6.45) is 2.89. The topological polar surface area (TPSA) is 59.4 Å². The standard InChI is InChI=1S/C19H18N2O3/c1-11-3-4-13-8-12(2)20-10-16(21-18(23)5-6-19(21)24)17(22)9-15(20)14(13)7-11/h3-4,7,9-10,12H,5-6,8H2,1-2H3. The quantitative estimate of drug-likeness (QED) is 0.758. The summed E-state index contributed by atoms with van der Waals surface area (Å²) in [6.45, 7) is 4.10. The molecule has 0 bridgehead atoms. The second-order valence-corrected chi connectivity index (χ2v) is 6.65. The Kier molecular flexibility index (Phi) is 3.20. The molecular formula is C19H18N2O3. The zero-order valence-corrected chi connectivity index (χ0v) is 13.7. The zero-order valence-electron chi connectivity index (χ0n) is 13.7. The molecule has 1 aromatic carbocycles. The molecule has 2 aromatic rings. The van der Waals surface area contributed by atoms with Crippen molar-refractivity contribution in [3.05, 3.63) is 51.8 Å². The van der Waals surface area contributed by atoms with Crippen molar-refractivity contribution in [3.8, 4) is 11.3 Å². The first-order chi connectivity index (χ1) is 11.5. The third-order valence-corrected chi connectivity index (χ3v) is 4.88. The van der Waals surface area contributed by atoms with E-state index in [-0.39, 0.29) is 41.8 Å². The SMILES string of the molecule is Cc1ccc2c(c1)-c1cc(=O)c(N3C(=O)CCC3=O)cn1C(C)C2. The van der Waals surface area contributed by atoms with E-state index >= 15 is 0 Å². The molecule has 0 spiro atoms. The van der Waals surface area contributed by atoms with Gasteiger partial charge in [-0.25, -0.2) is 4.90 Å². The molecule has 1 saturated heterocycles. The van der Waals surface area contributed by atoms with E-state index in [0.717, 1.165) is 28.1 Å². The summed E-state index contributed by atoms with van der Waals surface area (Å²) in [7, 11) is 0. The summed E-state index contributed by atoms with van der Waals surface area (Å²) in [5.41, 5.74) is 4.14. The van der Waals surface area contributed by atoms with Crippen molar-refractivity contribution < 1.29 is 9.59 Å². The number of carbonyl (C=O) groups excluding carboxylic acids is 2. The minimum Gasteiger partial charge on any atom is -0.342 e. The highest BCUT2D eigenvalue weighted by atomic mass is 16.2. The van der Waals surface area contributed by atoms with E-state index in [1.807, 2.05) is 11.5 Å². The van der Waals surface area contributed by atoms with E-state index in [1.54, 1.807) is 12.3 Å².